The Kier molecular flexibility index (Phi) is 6.41. The standard InChI is InChI=1S/C16H24N2S/c1-5-16(6-2,19-4)12-18-13(3)15-9-7-14(11-17)8-10-15/h7-10,13,18H,5-6,12H2,1-4H3. The summed E-state index contributed by atoms with van der Waals surface area (Å²) in [5.74, 6) is 0. The Bertz CT molecular complexity index is 407. The maximum atomic E-state index is 8.80. The van der Waals surface area contributed by atoms with E-state index in [0.717, 1.165) is 12.1 Å². The molecule has 1 aromatic carbocycles. The maximum Gasteiger partial charge on any atom is 0.0991 e. The average molecular weight is 276 g/mol. The molecule has 0 spiro atoms. The lowest BCUT2D eigenvalue weighted by atomic mass is 10.0. The lowest BCUT2D eigenvalue weighted by molar-refractivity contribution is 0.460. The van der Waals surface area contributed by atoms with Crippen molar-refractivity contribution in [3.63, 3.8) is 0 Å². The first kappa shape index (κ1) is 16.1. The van der Waals surface area contributed by atoms with Gasteiger partial charge >= 0.3 is 0 Å². The van der Waals surface area contributed by atoms with E-state index in [9.17, 15) is 0 Å². The Morgan fingerprint density at radius 3 is 2.26 bits per heavy atom. The molecule has 0 bridgehead atoms. The Hall–Kier alpha value is -0.980. The molecule has 19 heavy (non-hydrogen) atoms. The minimum absolute atomic E-state index is 0.317. The van der Waals surface area contributed by atoms with E-state index in [1.165, 1.54) is 18.4 Å². The molecule has 0 aliphatic carbocycles. The van der Waals surface area contributed by atoms with Crippen LogP contribution in [0.5, 0.6) is 0 Å². The summed E-state index contributed by atoms with van der Waals surface area (Å²) >= 11 is 1.96. The molecule has 0 aliphatic rings. The molecule has 0 saturated carbocycles. The smallest absolute Gasteiger partial charge is 0.0991 e. The van der Waals surface area contributed by atoms with Crippen LogP contribution in [-0.2, 0) is 0 Å². The van der Waals surface area contributed by atoms with Gasteiger partial charge in [0.05, 0.1) is 11.6 Å². The van der Waals surface area contributed by atoms with Gasteiger partial charge in [0.1, 0.15) is 0 Å². The summed E-state index contributed by atoms with van der Waals surface area (Å²) in [6.45, 7) is 7.71. The molecule has 1 N–H and O–H groups in total. The SMILES string of the molecule is CCC(CC)(CNC(C)c1ccc(C#N)cc1)SC. The molecule has 1 unspecified atom stereocenters. The minimum atomic E-state index is 0.317. The van der Waals surface area contributed by atoms with Gasteiger partial charge in [0.15, 0.2) is 0 Å². The normalized spacial score (nSPS) is 13.0. The fourth-order valence-corrected chi connectivity index (χ4v) is 2.97. The summed E-state index contributed by atoms with van der Waals surface area (Å²) in [7, 11) is 0. The van der Waals surface area contributed by atoms with Crippen LogP contribution in [0.25, 0.3) is 0 Å². The quantitative estimate of drug-likeness (QED) is 0.813. The fraction of sp³-hybridized carbons (Fsp3) is 0.562. The van der Waals surface area contributed by atoms with Crippen molar-refractivity contribution in [1.29, 1.82) is 5.26 Å². The highest BCUT2D eigenvalue weighted by atomic mass is 32.2. The van der Waals surface area contributed by atoms with E-state index < -0.39 is 0 Å². The van der Waals surface area contributed by atoms with Crippen LogP contribution >= 0.6 is 11.8 Å². The molecule has 104 valence electrons. The van der Waals surface area contributed by atoms with Crippen molar-refractivity contribution in [2.45, 2.75) is 44.4 Å². The molecule has 0 aromatic heterocycles. The van der Waals surface area contributed by atoms with Gasteiger partial charge in [0.2, 0.25) is 0 Å². The number of thioether (sulfide) groups is 1. The largest absolute Gasteiger partial charge is 0.309 e. The molecule has 1 aromatic rings. The highest BCUT2D eigenvalue weighted by Crippen LogP contribution is 2.30. The first-order valence-corrected chi connectivity index (χ1v) is 8.12. The molecule has 0 saturated heterocycles. The summed E-state index contributed by atoms with van der Waals surface area (Å²) in [5, 5.41) is 12.4. The highest BCUT2D eigenvalue weighted by Gasteiger charge is 2.25. The van der Waals surface area contributed by atoms with Gasteiger partial charge in [0, 0.05) is 17.3 Å². The summed E-state index contributed by atoms with van der Waals surface area (Å²) < 4.78 is 0.334. The van der Waals surface area contributed by atoms with Crippen LogP contribution in [0.1, 0.15) is 50.8 Å². The van der Waals surface area contributed by atoms with E-state index in [2.05, 4.69) is 38.4 Å². The molecule has 3 heteroatoms. The van der Waals surface area contributed by atoms with Crippen LogP contribution < -0.4 is 5.32 Å². The zero-order valence-corrected chi connectivity index (χ0v) is 13.2. The molecule has 2 nitrogen and oxygen atoms in total. The summed E-state index contributed by atoms with van der Waals surface area (Å²) in [5.41, 5.74) is 1.96. The second-order valence-electron chi connectivity index (χ2n) is 4.93. The van der Waals surface area contributed by atoms with Crippen LogP contribution in [0, 0.1) is 11.3 Å². The molecule has 1 rings (SSSR count). The van der Waals surface area contributed by atoms with Gasteiger partial charge < -0.3 is 5.32 Å². The van der Waals surface area contributed by atoms with Gasteiger partial charge in [0.25, 0.3) is 0 Å². The average Bonchev–Trinajstić information content (AvgIpc) is 2.49. The summed E-state index contributed by atoms with van der Waals surface area (Å²) in [4.78, 5) is 0. The van der Waals surface area contributed by atoms with Crippen molar-refractivity contribution in [3.05, 3.63) is 35.4 Å². The lowest BCUT2D eigenvalue weighted by Gasteiger charge is -2.31. The highest BCUT2D eigenvalue weighted by molar-refractivity contribution is 8.00. The van der Waals surface area contributed by atoms with Crippen molar-refractivity contribution in [2.24, 2.45) is 0 Å². The number of rotatable bonds is 7. The van der Waals surface area contributed by atoms with Crippen LogP contribution in [0.3, 0.4) is 0 Å². The van der Waals surface area contributed by atoms with E-state index >= 15 is 0 Å². The third-order valence-corrected chi connectivity index (χ3v) is 5.58. The van der Waals surface area contributed by atoms with Crippen molar-refractivity contribution >= 4 is 11.8 Å². The van der Waals surface area contributed by atoms with Gasteiger partial charge in [-0.2, -0.15) is 17.0 Å². The zero-order valence-electron chi connectivity index (χ0n) is 12.4. The monoisotopic (exact) mass is 276 g/mol. The third kappa shape index (κ3) is 4.26. The lowest BCUT2D eigenvalue weighted by Crippen LogP contribution is -2.37. The zero-order chi connectivity index (χ0) is 14.3. The van der Waals surface area contributed by atoms with E-state index in [1.54, 1.807) is 0 Å². The summed E-state index contributed by atoms with van der Waals surface area (Å²) in [6, 6.07) is 10.3. The Balaban J connectivity index is 2.64. The van der Waals surface area contributed by atoms with Crippen LogP contribution in [-0.4, -0.2) is 17.5 Å². The van der Waals surface area contributed by atoms with Crippen LogP contribution in [0.2, 0.25) is 0 Å². The number of hydrogen-bond acceptors (Lipinski definition) is 3. The van der Waals surface area contributed by atoms with Crippen LogP contribution in [0.15, 0.2) is 24.3 Å². The van der Waals surface area contributed by atoms with Gasteiger partial charge in [-0.15, -0.1) is 0 Å². The summed E-state index contributed by atoms with van der Waals surface area (Å²) in [6.07, 6.45) is 4.55. The van der Waals surface area contributed by atoms with E-state index in [4.69, 9.17) is 5.26 Å². The number of benzene rings is 1. The second kappa shape index (κ2) is 7.57. The molecule has 0 aliphatic heterocycles. The third-order valence-electron chi connectivity index (χ3n) is 3.99. The van der Waals surface area contributed by atoms with Gasteiger partial charge in [-0.05, 0) is 43.7 Å². The maximum absolute atomic E-state index is 8.80. The van der Waals surface area contributed by atoms with E-state index in [0.29, 0.717) is 10.8 Å². The van der Waals surface area contributed by atoms with Crippen molar-refractivity contribution in [2.75, 3.05) is 12.8 Å². The second-order valence-corrected chi connectivity index (χ2v) is 6.20. The van der Waals surface area contributed by atoms with Crippen molar-refractivity contribution in [3.8, 4) is 6.07 Å². The first-order valence-electron chi connectivity index (χ1n) is 6.89. The van der Waals surface area contributed by atoms with Crippen LogP contribution in [0.4, 0.5) is 0 Å². The number of hydrogen-bond donors (Lipinski definition) is 1. The Morgan fingerprint density at radius 1 is 1.26 bits per heavy atom. The fourth-order valence-electron chi connectivity index (χ4n) is 2.16. The van der Waals surface area contributed by atoms with Gasteiger partial charge in [-0.1, -0.05) is 26.0 Å². The molecule has 1 atom stereocenters. The van der Waals surface area contributed by atoms with E-state index in [1.807, 2.05) is 36.0 Å². The van der Waals surface area contributed by atoms with Crippen molar-refractivity contribution < 1.29 is 0 Å². The van der Waals surface area contributed by atoms with Gasteiger partial charge in [-0.3, -0.25) is 0 Å². The molecular formula is C16H24N2S. The predicted octanol–water partition coefficient (Wildman–Crippen LogP) is 4.13. The topological polar surface area (TPSA) is 35.8 Å². The molecular weight excluding hydrogens is 252 g/mol. The Morgan fingerprint density at radius 2 is 1.84 bits per heavy atom. The predicted molar refractivity (Wildman–Crippen MR) is 84.4 cm³/mol. The van der Waals surface area contributed by atoms with Crippen molar-refractivity contribution in [1.82, 2.24) is 5.32 Å². The Labute approximate surface area is 121 Å². The minimum Gasteiger partial charge on any atom is -0.309 e. The first-order chi connectivity index (χ1) is 9.10. The van der Waals surface area contributed by atoms with Gasteiger partial charge in [-0.25, -0.2) is 0 Å². The number of nitrogens with one attached hydrogen (secondary N) is 1. The molecule has 0 fully saturated rings. The molecule has 0 amide bonds. The molecule has 0 heterocycles. The number of nitriles is 1. The number of nitrogens with zero attached hydrogens (tertiary/aromatic N) is 1. The van der Waals surface area contributed by atoms with E-state index in [-0.39, 0.29) is 0 Å². The molecule has 0 radical (unpaired) electrons.